The van der Waals surface area contributed by atoms with E-state index in [2.05, 4.69) is 0 Å². The minimum absolute atomic E-state index is 0. The fraction of sp³-hybridized carbons (Fsp3) is 0. The topological polar surface area (TPSA) is 1230 Å². The van der Waals surface area contributed by atoms with Crippen LogP contribution in [0.25, 0.3) is 0 Å². The fourth-order valence-electron chi connectivity index (χ4n) is 0. The molecule has 0 unspecified atom stereocenters. The first-order valence-electron chi connectivity index (χ1n) is 0. The molecule has 0 aliphatic rings. The van der Waals surface area contributed by atoms with E-state index in [-0.39, 0.29) is 833 Å². The third-order valence-corrected chi connectivity index (χ3v) is 0. The van der Waals surface area contributed by atoms with Crippen LogP contribution in [0, 0.1) is 0 Å². The van der Waals surface area contributed by atoms with E-state index in [0.717, 1.165) is 0 Å². The third-order valence-electron chi connectivity index (χ3n) is 0. The predicted molar refractivity (Wildman–Crippen MR) is 187 cm³/mol. The van der Waals surface area contributed by atoms with Crippen LogP contribution in [0.2, 0.25) is 0 Å². The Hall–Kier alpha value is 18.2. The summed E-state index contributed by atoms with van der Waals surface area (Å²) in [5, 5.41) is 0. The maximum Gasteiger partial charge on any atom is 0 e. The molecule has 10 radical (unpaired) electrons. The number of hydrogen-bond acceptors (Lipinski definition) is 0. The van der Waals surface area contributed by atoms with Gasteiger partial charge in [0.1, 0.15) is 0 Å². The van der Waals surface area contributed by atoms with Crippen LogP contribution in [0.5, 0.6) is 0 Å². The maximum absolute atomic E-state index is 0. The van der Waals surface area contributed by atoms with Crippen LogP contribution in [0.1, 0.15) is 0 Å². The van der Waals surface area contributed by atoms with Gasteiger partial charge >= 0.3 is 0 Å². The van der Waals surface area contributed by atoms with Gasteiger partial charge in [-0.15, -0.1) is 0 Å². The summed E-state index contributed by atoms with van der Waals surface area (Å²) in [7, 11) is 0. The zero-order valence-electron chi connectivity index (χ0n) is 32.3. The van der Waals surface area contributed by atoms with E-state index >= 15 is 0 Å². The maximum atomic E-state index is 0. The second-order valence-electron chi connectivity index (χ2n) is 0. The van der Waals surface area contributed by atoms with Crippen LogP contribution < -0.4 is 0 Å². The average molecular weight is 3070 g/mol. The van der Waals surface area contributed by atoms with Crippen molar-refractivity contribution in [1.82, 2.24) is 0 Å². The van der Waals surface area contributed by atoms with E-state index in [0.29, 0.717) is 0 Å². The Labute approximate surface area is 809 Å². The van der Waals surface area contributed by atoms with E-state index < -0.39 is 0 Å². The van der Waals surface area contributed by atoms with Crippen molar-refractivity contribution in [2.45, 2.75) is 0 Å². The molecule has 0 aromatic heterocycles. The van der Waals surface area contributed by atoms with Crippen molar-refractivity contribution in [3.05, 3.63) is 0 Å². The molecule has 0 aromatic carbocycles. The average Bonchev–Trinajstić information content (AvgIpc) is 0. The molecule has 39 nitrogen and oxygen atoms in total. The molecule has 0 rings (SSSR count). The third kappa shape index (κ3) is 1270. The molecule has 390 valence electrons. The number of hydrogen-bond donors (Lipinski definition) is 0. The molecular weight excluding hydrogens is 3000 g/mol. The molecule has 0 saturated heterocycles. The first kappa shape index (κ1) is 1360. The monoisotopic (exact) mass is 3070 g/mol. The van der Waals surface area contributed by atoms with Crippen molar-refractivity contribution in [2.24, 2.45) is 0 Å². The van der Waals surface area contributed by atoms with Gasteiger partial charge in [-0.1, -0.05) is 0 Å². The first-order chi connectivity index (χ1) is 0. The van der Waals surface area contributed by atoms with Crippen LogP contribution in [-0.2, 0) is 251 Å². The summed E-state index contributed by atoms with van der Waals surface area (Å²) >= 11 is 0. The molecule has 0 atom stereocenters. The van der Waals surface area contributed by atoms with Crippen molar-refractivity contribution >= 4 is 368 Å². The van der Waals surface area contributed by atoms with Gasteiger partial charge < -0.3 is 214 Å². The second kappa shape index (κ2) is 1310. The summed E-state index contributed by atoms with van der Waals surface area (Å²) in [4.78, 5) is 0. The van der Waals surface area contributed by atoms with Gasteiger partial charge in [0.05, 0.1) is 0 Å². The van der Waals surface area contributed by atoms with Crippen LogP contribution in [0.4, 0.5) is 0 Å². The molecule has 59 heteroatoms. The van der Waals surface area contributed by atoms with Crippen molar-refractivity contribution in [1.29, 1.82) is 0 Å². The van der Waals surface area contributed by atoms with Crippen molar-refractivity contribution in [3.63, 3.8) is 0 Å². The molecule has 0 saturated carbocycles. The molecule has 0 fully saturated rings. The zero-order valence-corrected chi connectivity index (χ0v) is 89.4. The quantitative estimate of drug-likeness (QED) is 0.204. The minimum atomic E-state index is 0. The normalized spacial score (nSPS) is 0. The Morgan fingerprint density at radius 2 is 0.0847 bits per heavy atom. The van der Waals surface area contributed by atoms with Crippen molar-refractivity contribution < 1.29 is 465 Å². The van der Waals surface area contributed by atoms with E-state index in [1.54, 1.807) is 0 Å². The summed E-state index contributed by atoms with van der Waals surface area (Å²) in [5.74, 6) is 0. The molecule has 0 spiro atoms. The summed E-state index contributed by atoms with van der Waals surface area (Å²) < 4.78 is 0. The Morgan fingerprint density at radius 3 is 0.0847 bits per heavy atom. The Bertz CT molecular complexity index is 83.2. The molecule has 59 heavy (non-hydrogen) atoms. The molecular formula is H78BK7O39W11Zn. The molecule has 0 aliphatic carbocycles. The summed E-state index contributed by atoms with van der Waals surface area (Å²) in [5.41, 5.74) is 0. The van der Waals surface area contributed by atoms with E-state index in [1.165, 1.54) is 0 Å². The Morgan fingerprint density at radius 1 is 0.0847 bits per heavy atom. The summed E-state index contributed by atoms with van der Waals surface area (Å²) in [6.45, 7) is 0. The van der Waals surface area contributed by atoms with Crippen LogP contribution >= 0.6 is 0 Å². The van der Waals surface area contributed by atoms with Gasteiger partial charge in [0, 0.05) is 619 Å². The van der Waals surface area contributed by atoms with Crippen molar-refractivity contribution in [2.75, 3.05) is 0 Å². The predicted octanol–water partition coefficient (Wildman–Crippen LogP) is -35.2. The van der Waals surface area contributed by atoms with Crippen molar-refractivity contribution in [3.8, 4) is 0 Å². The molecule has 0 bridgehead atoms. The Balaban J connectivity index is 0. The molecule has 0 heterocycles. The van der Waals surface area contributed by atoms with E-state index in [9.17, 15) is 0 Å². The van der Waals surface area contributed by atoms with Crippen LogP contribution in [0.15, 0.2) is 0 Å². The van der Waals surface area contributed by atoms with Crippen LogP contribution in [0.3, 0.4) is 0 Å². The fourth-order valence-corrected chi connectivity index (χ4v) is 0. The smallest absolute Gasteiger partial charge is 0 e. The van der Waals surface area contributed by atoms with Gasteiger partial charge in [0.2, 0.25) is 0 Å². The standard InChI is InChI=1S/B.7K.39H2O.11W.Zn/h;;;;;;;;39*1H2;;;;;;;;;;;;. The molecule has 0 amide bonds. The van der Waals surface area contributed by atoms with Crippen LogP contribution in [-0.4, -0.2) is 582 Å². The number of rotatable bonds is 0. The zero-order chi connectivity index (χ0) is 0. The first-order valence-corrected chi connectivity index (χ1v) is 0. The largest absolute Gasteiger partial charge is 0.412 e. The Kier molecular flexibility index (Phi) is 30000. The minimum Gasteiger partial charge on any atom is -0.412 e. The van der Waals surface area contributed by atoms with E-state index in [4.69, 9.17) is 0 Å². The second-order valence-corrected chi connectivity index (χ2v) is 0. The van der Waals surface area contributed by atoms with Gasteiger partial charge in [0.15, 0.2) is 0 Å². The molecule has 0 aliphatic heterocycles. The summed E-state index contributed by atoms with van der Waals surface area (Å²) in [6, 6.07) is 0. The molecule has 0 aromatic rings. The SMILES string of the molecule is O.O.O.O.O.O.O.O.O.O.O.O.O.O.O.O.O.O.O.O.O.O.O.O.O.O.O.O.O.O.O.O.O.O.O.O.O.O.O.[B].[K].[K].[K].[K].[K].[K].[K].[W].[W].[W].[W].[W].[W].[W].[W].[W].[W].[W].[Zn]. The summed E-state index contributed by atoms with van der Waals surface area (Å²) in [6.07, 6.45) is 0. The van der Waals surface area contributed by atoms with Gasteiger partial charge in [-0.05, 0) is 0 Å². The molecule has 78 N–H and O–H groups in total. The van der Waals surface area contributed by atoms with Gasteiger partial charge in [-0.3, -0.25) is 0 Å². The van der Waals surface area contributed by atoms with Gasteiger partial charge in [-0.2, -0.15) is 0 Å². The van der Waals surface area contributed by atoms with Gasteiger partial charge in [-0.25, -0.2) is 0 Å². The van der Waals surface area contributed by atoms with E-state index in [1.807, 2.05) is 0 Å². The van der Waals surface area contributed by atoms with Gasteiger partial charge in [0.25, 0.3) is 0 Å².